The van der Waals surface area contributed by atoms with Crippen molar-refractivity contribution in [3.8, 4) is 0 Å². The van der Waals surface area contributed by atoms with E-state index in [0.717, 1.165) is 32.5 Å². The first-order chi connectivity index (χ1) is 8.55. The Bertz CT molecular complexity index is 294. The highest BCUT2D eigenvalue weighted by molar-refractivity contribution is 5.73. The predicted octanol–water partition coefficient (Wildman–Crippen LogP) is 0.786. The number of piperidine rings is 1. The van der Waals surface area contributed by atoms with Gasteiger partial charge in [0.1, 0.15) is 0 Å². The van der Waals surface area contributed by atoms with Crippen molar-refractivity contribution in [2.75, 3.05) is 26.7 Å². The lowest BCUT2D eigenvalue weighted by Gasteiger charge is -2.37. The van der Waals surface area contributed by atoms with E-state index in [9.17, 15) is 9.59 Å². The molecule has 2 unspecified atom stereocenters. The number of nitrogens with one attached hydrogen (secondary N) is 1. The molecule has 0 aromatic carbocycles. The summed E-state index contributed by atoms with van der Waals surface area (Å²) in [5.74, 6) is 0.102. The molecule has 1 saturated heterocycles. The number of likely N-dealkylation sites (tertiary alicyclic amines) is 1. The number of carbonyl (C=O) groups excluding carboxylic acids is 2. The molecule has 1 aliphatic heterocycles. The van der Waals surface area contributed by atoms with Crippen LogP contribution < -0.4 is 5.32 Å². The van der Waals surface area contributed by atoms with Gasteiger partial charge in [-0.25, -0.2) is 0 Å². The Balaban J connectivity index is 2.55. The minimum atomic E-state index is -0.167. The molecule has 1 amide bonds. The summed E-state index contributed by atoms with van der Waals surface area (Å²) in [6, 6.07) is 0.150. The first-order valence-corrected chi connectivity index (χ1v) is 6.61. The molecule has 104 valence electrons. The Morgan fingerprint density at radius 3 is 2.67 bits per heavy atom. The van der Waals surface area contributed by atoms with Crippen LogP contribution in [0.15, 0.2) is 0 Å². The van der Waals surface area contributed by atoms with Gasteiger partial charge >= 0.3 is 5.97 Å². The molecule has 1 aliphatic rings. The molecule has 5 heteroatoms. The molecule has 5 nitrogen and oxygen atoms in total. The summed E-state index contributed by atoms with van der Waals surface area (Å²) in [6.07, 6.45) is 2.37. The van der Waals surface area contributed by atoms with Crippen LogP contribution in [0, 0.1) is 5.92 Å². The quantitative estimate of drug-likeness (QED) is 0.739. The molecule has 0 saturated carbocycles. The predicted molar refractivity (Wildman–Crippen MR) is 69.1 cm³/mol. The van der Waals surface area contributed by atoms with E-state index in [1.54, 1.807) is 0 Å². The normalized spacial score (nSPS) is 24.6. The minimum absolute atomic E-state index is 0.00448. The van der Waals surface area contributed by atoms with Crippen molar-refractivity contribution in [2.45, 2.75) is 39.2 Å². The van der Waals surface area contributed by atoms with Crippen LogP contribution in [0.4, 0.5) is 0 Å². The van der Waals surface area contributed by atoms with Gasteiger partial charge in [-0.05, 0) is 25.3 Å². The first-order valence-electron chi connectivity index (χ1n) is 6.61. The molecular weight excluding hydrogens is 232 g/mol. The van der Waals surface area contributed by atoms with Gasteiger partial charge in [0.05, 0.1) is 7.11 Å². The SMILES string of the molecule is CCCN1CC(CC(=O)OC)CC(NC(C)=O)C1. The molecule has 1 rings (SSSR count). The summed E-state index contributed by atoms with van der Waals surface area (Å²) in [5, 5.41) is 2.96. The maximum absolute atomic E-state index is 11.3. The molecule has 0 radical (unpaired) electrons. The van der Waals surface area contributed by atoms with Gasteiger partial charge < -0.3 is 15.0 Å². The van der Waals surface area contributed by atoms with Gasteiger partial charge in [-0.2, -0.15) is 0 Å². The molecule has 1 heterocycles. The number of hydrogen-bond acceptors (Lipinski definition) is 4. The molecule has 0 aromatic heterocycles. The molecule has 0 spiro atoms. The highest BCUT2D eigenvalue weighted by atomic mass is 16.5. The largest absolute Gasteiger partial charge is 0.469 e. The Kier molecular flexibility index (Phi) is 6.12. The van der Waals surface area contributed by atoms with E-state index in [-0.39, 0.29) is 23.8 Å². The Labute approximate surface area is 109 Å². The number of carbonyl (C=O) groups is 2. The smallest absolute Gasteiger partial charge is 0.305 e. The summed E-state index contributed by atoms with van der Waals surface area (Å²) in [4.78, 5) is 24.8. The fraction of sp³-hybridized carbons (Fsp3) is 0.846. The highest BCUT2D eigenvalue weighted by Gasteiger charge is 2.28. The number of hydrogen-bond donors (Lipinski definition) is 1. The van der Waals surface area contributed by atoms with Crippen molar-refractivity contribution >= 4 is 11.9 Å². The summed E-state index contributed by atoms with van der Waals surface area (Å²) in [5.41, 5.74) is 0. The van der Waals surface area contributed by atoms with Gasteiger partial charge in [0.15, 0.2) is 0 Å². The van der Waals surface area contributed by atoms with Crippen molar-refractivity contribution in [3.63, 3.8) is 0 Å². The third kappa shape index (κ3) is 5.04. The number of amides is 1. The van der Waals surface area contributed by atoms with Gasteiger partial charge in [-0.3, -0.25) is 9.59 Å². The third-order valence-electron chi connectivity index (χ3n) is 3.24. The lowest BCUT2D eigenvalue weighted by Crippen LogP contribution is -2.50. The van der Waals surface area contributed by atoms with E-state index in [2.05, 4.69) is 17.1 Å². The fourth-order valence-corrected chi connectivity index (χ4v) is 2.66. The zero-order valence-corrected chi connectivity index (χ0v) is 11.6. The summed E-state index contributed by atoms with van der Waals surface area (Å²) in [6.45, 7) is 6.48. The van der Waals surface area contributed by atoms with Crippen molar-refractivity contribution in [1.82, 2.24) is 10.2 Å². The number of esters is 1. The lowest BCUT2D eigenvalue weighted by molar-refractivity contribution is -0.142. The second-order valence-corrected chi connectivity index (χ2v) is 5.04. The zero-order valence-electron chi connectivity index (χ0n) is 11.6. The molecular formula is C13H24N2O3. The first kappa shape index (κ1) is 15.0. The molecule has 18 heavy (non-hydrogen) atoms. The van der Waals surface area contributed by atoms with Crippen LogP contribution in [0.25, 0.3) is 0 Å². The van der Waals surface area contributed by atoms with E-state index >= 15 is 0 Å². The highest BCUT2D eigenvalue weighted by Crippen LogP contribution is 2.20. The summed E-state index contributed by atoms with van der Waals surface area (Å²) >= 11 is 0. The van der Waals surface area contributed by atoms with Gasteiger partial charge in [-0.15, -0.1) is 0 Å². The van der Waals surface area contributed by atoms with Crippen LogP contribution in [0.5, 0.6) is 0 Å². The maximum Gasteiger partial charge on any atom is 0.305 e. The van der Waals surface area contributed by atoms with Crippen LogP contribution in [0.3, 0.4) is 0 Å². The number of methoxy groups -OCH3 is 1. The molecule has 1 fully saturated rings. The molecule has 0 aliphatic carbocycles. The average molecular weight is 256 g/mol. The van der Waals surface area contributed by atoms with Crippen LogP contribution in [0.2, 0.25) is 0 Å². The second kappa shape index (κ2) is 7.36. The standard InChI is InChI=1S/C13H24N2O3/c1-4-5-15-8-11(7-13(17)18-3)6-12(9-15)14-10(2)16/h11-12H,4-9H2,1-3H3,(H,14,16). The van der Waals surface area contributed by atoms with E-state index < -0.39 is 0 Å². The number of ether oxygens (including phenoxy) is 1. The Morgan fingerprint density at radius 2 is 2.11 bits per heavy atom. The van der Waals surface area contributed by atoms with Crippen molar-refractivity contribution in [3.05, 3.63) is 0 Å². The summed E-state index contributed by atoms with van der Waals surface area (Å²) in [7, 11) is 1.42. The van der Waals surface area contributed by atoms with Gasteiger partial charge in [0.25, 0.3) is 0 Å². The lowest BCUT2D eigenvalue weighted by atomic mass is 9.91. The molecule has 0 aromatic rings. The van der Waals surface area contributed by atoms with E-state index in [1.165, 1.54) is 14.0 Å². The molecule has 0 bridgehead atoms. The number of nitrogens with zero attached hydrogens (tertiary/aromatic N) is 1. The minimum Gasteiger partial charge on any atom is -0.469 e. The van der Waals surface area contributed by atoms with E-state index in [0.29, 0.717) is 6.42 Å². The van der Waals surface area contributed by atoms with E-state index in [1.807, 2.05) is 0 Å². The second-order valence-electron chi connectivity index (χ2n) is 5.04. The van der Waals surface area contributed by atoms with Crippen LogP contribution >= 0.6 is 0 Å². The Morgan fingerprint density at radius 1 is 1.39 bits per heavy atom. The summed E-state index contributed by atoms with van der Waals surface area (Å²) < 4.78 is 4.72. The monoisotopic (exact) mass is 256 g/mol. The average Bonchev–Trinajstić information content (AvgIpc) is 2.28. The third-order valence-corrected chi connectivity index (χ3v) is 3.24. The van der Waals surface area contributed by atoms with Crippen LogP contribution in [-0.2, 0) is 14.3 Å². The van der Waals surface area contributed by atoms with Crippen LogP contribution in [0.1, 0.15) is 33.1 Å². The van der Waals surface area contributed by atoms with Gasteiger partial charge in [0.2, 0.25) is 5.91 Å². The molecule has 2 atom stereocenters. The van der Waals surface area contributed by atoms with Crippen molar-refractivity contribution < 1.29 is 14.3 Å². The van der Waals surface area contributed by atoms with Crippen molar-refractivity contribution in [1.29, 1.82) is 0 Å². The van der Waals surface area contributed by atoms with E-state index in [4.69, 9.17) is 4.74 Å². The van der Waals surface area contributed by atoms with Gasteiger partial charge in [-0.1, -0.05) is 6.92 Å². The van der Waals surface area contributed by atoms with Crippen molar-refractivity contribution in [2.24, 2.45) is 5.92 Å². The zero-order chi connectivity index (χ0) is 13.5. The maximum atomic E-state index is 11.3. The van der Waals surface area contributed by atoms with Gasteiger partial charge in [0, 0.05) is 32.5 Å². The van der Waals surface area contributed by atoms with Crippen LogP contribution in [-0.4, -0.2) is 49.6 Å². The molecule has 1 N–H and O–H groups in total. The Hall–Kier alpha value is -1.10. The number of rotatable bonds is 5. The fourth-order valence-electron chi connectivity index (χ4n) is 2.66. The topological polar surface area (TPSA) is 58.6 Å².